The van der Waals surface area contributed by atoms with Crippen molar-refractivity contribution in [1.82, 2.24) is 14.8 Å². The summed E-state index contributed by atoms with van der Waals surface area (Å²) in [6, 6.07) is 2.87. The minimum absolute atomic E-state index is 0.0732. The van der Waals surface area contributed by atoms with E-state index in [1.165, 1.54) is 6.07 Å². The van der Waals surface area contributed by atoms with Crippen LogP contribution in [0, 0.1) is 0 Å². The maximum atomic E-state index is 12.7. The highest BCUT2D eigenvalue weighted by atomic mass is 35.7. The van der Waals surface area contributed by atoms with Gasteiger partial charge >= 0.3 is 6.18 Å². The number of halogens is 4. The average molecular weight is 382 g/mol. The Labute approximate surface area is 141 Å². The summed E-state index contributed by atoms with van der Waals surface area (Å²) in [5.41, 5.74) is 1.34. The Kier molecular flexibility index (Phi) is 4.96. The van der Waals surface area contributed by atoms with E-state index in [0.29, 0.717) is 17.5 Å². The lowest BCUT2D eigenvalue weighted by Gasteiger charge is -2.16. The molecule has 132 valence electrons. The molecule has 0 bridgehead atoms. The smallest absolute Gasteiger partial charge is 0.220 e. The molecule has 0 atom stereocenters. The second-order valence-electron chi connectivity index (χ2n) is 5.48. The van der Waals surface area contributed by atoms with Crippen molar-refractivity contribution in [2.24, 2.45) is 0 Å². The van der Waals surface area contributed by atoms with E-state index in [-0.39, 0.29) is 16.5 Å². The summed E-state index contributed by atoms with van der Waals surface area (Å²) < 4.78 is 62.6. The third-order valence-corrected chi connectivity index (χ3v) is 4.87. The Morgan fingerprint density at radius 3 is 2.33 bits per heavy atom. The first-order valence-electron chi connectivity index (χ1n) is 7.05. The summed E-state index contributed by atoms with van der Waals surface area (Å²) in [7, 11) is 1.41. The van der Waals surface area contributed by atoms with Gasteiger partial charge in [-0.25, -0.2) is 18.1 Å². The summed E-state index contributed by atoms with van der Waals surface area (Å²) in [6.45, 7) is 5.45. The number of aromatic nitrogens is 3. The third-order valence-electron chi connectivity index (χ3n) is 3.47. The molecular formula is C14H15ClF3N3O2S. The van der Waals surface area contributed by atoms with Gasteiger partial charge in [-0.3, -0.25) is 0 Å². The number of hydrogen-bond acceptors (Lipinski definition) is 4. The van der Waals surface area contributed by atoms with Crippen molar-refractivity contribution in [1.29, 1.82) is 0 Å². The van der Waals surface area contributed by atoms with E-state index in [9.17, 15) is 21.6 Å². The number of nitrogens with zero attached hydrogens (tertiary/aromatic N) is 3. The van der Waals surface area contributed by atoms with E-state index >= 15 is 0 Å². The molecule has 0 radical (unpaired) electrons. The van der Waals surface area contributed by atoms with Gasteiger partial charge < -0.3 is 0 Å². The predicted molar refractivity (Wildman–Crippen MR) is 82.9 cm³/mol. The zero-order valence-electron chi connectivity index (χ0n) is 13.1. The lowest BCUT2D eigenvalue weighted by molar-refractivity contribution is -0.144. The van der Waals surface area contributed by atoms with Crippen molar-refractivity contribution < 1.29 is 21.6 Å². The molecular weight excluding hydrogens is 367 g/mol. The first-order chi connectivity index (χ1) is 10.9. The second-order valence-corrected chi connectivity index (χ2v) is 8.01. The quantitative estimate of drug-likeness (QED) is 0.753. The Morgan fingerprint density at radius 1 is 1.29 bits per heavy atom. The van der Waals surface area contributed by atoms with E-state index in [1.54, 1.807) is 13.0 Å². The summed E-state index contributed by atoms with van der Waals surface area (Å²) in [5, 5.41) is 3.42. The van der Waals surface area contributed by atoms with Crippen LogP contribution >= 0.6 is 10.7 Å². The lowest BCUT2D eigenvalue weighted by atomic mass is 9.97. The van der Waals surface area contributed by atoms with Crippen molar-refractivity contribution in [3.05, 3.63) is 35.4 Å². The molecule has 0 saturated carbocycles. The number of alkyl halides is 3. The molecule has 0 amide bonds. The van der Waals surface area contributed by atoms with E-state index < -0.39 is 21.1 Å². The molecule has 0 fully saturated rings. The topological polar surface area (TPSA) is 64.8 Å². The number of benzene rings is 1. The number of aryl methyl sites for hydroxylation is 1. The largest absolute Gasteiger partial charge is 0.453 e. The zero-order valence-corrected chi connectivity index (χ0v) is 14.7. The molecule has 0 spiro atoms. The lowest BCUT2D eigenvalue weighted by Crippen LogP contribution is -2.10. The van der Waals surface area contributed by atoms with E-state index in [0.717, 1.165) is 11.0 Å². The van der Waals surface area contributed by atoms with Crippen LogP contribution in [0.25, 0.3) is 5.69 Å². The van der Waals surface area contributed by atoms with Gasteiger partial charge in [-0.2, -0.15) is 13.2 Å². The van der Waals surface area contributed by atoms with Crippen LogP contribution in [-0.2, 0) is 21.6 Å². The van der Waals surface area contributed by atoms with Crippen LogP contribution in [0.3, 0.4) is 0 Å². The second kappa shape index (κ2) is 6.36. The molecule has 0 aliphatic rings. The maximum Gasteiger partial charge on any atom is 0.453 e. The standard InChI is InChI=1S/C14H15ClF3N3O2S/c1-4-9-5-10(8(2)3)11(6-12(9)24(15,22)23)21-7-19-13(20-21)14(16,17)18/h5-8H,4H2,1-3H3. The predicted octanol–water partition coefficient (Wildman–Crippen LogP) is 3.90. The fraction of sp³-hybridized carbons (Fsp3) is 0.429. The van der Waals surface area contributed by atoms with Gasteiger partial charge in [0.15, 0.2) is 0 Å². The van der Waals surface area contributed by atoms with E-state index in [1.807, 2.05) is 13.8 Å². The summed E-state index contributed by atoms with van der Waals surface area (Å²) >= 11 is 0. The van der Waals surface area contributed by atoms with Gasteiger partial charge in [0.05, 0.1) is 10.6 Å². The molecule has 1 aromatic carbocycles. The van der Waals surface area contributed by atoms with Crippen LogP contribution in [0.5, 0.6) is 0 Å². The van der Waals surface area contributed by atoms with E-state index in [4.69, 9.17) is 10.7 Å². The minimum Gasteiger partial charge on any atom is -0.220 e. The third kappa shape index (κ3) is 3.72. The highest BCUT2D eigenvalue weighted by Gasteiger charge is 2.36. The van der Waals surface area contributed by atoms with Gasteiger partial charge in [-0.05, 0) is 29.5 Å². The van der Waals surface area contributed by atoms with Gasteiger partial charge in [0.1, 0.15) is 6.33 Å². The highest BCUT2D eigenvalue weighted by Crippen LogP contribution is 2.32. The SMILES string of the molecule is CCc1cc(C(C)C)c(-n2cnc(C(F)(F)F)n2)cc1S(=O)(=O)Cl. The molecule has 0 N–H and O–H groups in total. The normalized spacial score (nSPS) is 12.8. The van der Waals surface area contributed by atoms with Gasteiger partial charge in [0, 0.05) is 10.7 Å². The number of rotatable bonds is 4. The summed E-state index contributed by atoms with van der Waals surface area (Å²) in [6.07, 6.45) is -3.37. The van der Waals surface area contributed by atoms with Crippen molar-refractivity contribution in [3.8, 4) is 5.69 Å². The van der Waals surface area contributed by atoms with Crippen molar-refractivity contribution in [2.75, 3.05) is 0 Å². The van der Waals surface area contributed by atoms with Crippen LogP contribution in [0.4, 0.5) is 13.2 Å². The molecule has 1 aromatic heterocycles. The summed E-state index contributed by atoms with van der Waals surface area (Å²) in [4.78, 5) is 3.10. The van der Waals surface area contributed by atoms with Crippen molar-refractivity contribution in [3.63, 3.8) is 0 Å². The number of hydrogen-bond donors (Lipinski definition) is 0. The molecule has 2 aromatic rings. The monoisotopic (exact) mass is 381 g/mol. The maximum absolute atomic E-state index is 12.7. The first kappa shape index (κ1) is 18.7. The molecule has 0 saturated heterocycles. The average Bonchev–Trinajstić information content (AvgIpc) is 2.94. The molecule has 24 heavy (non-hydrogen) atoms. The molecule has 2 rings (SSSR count). The Morgan fingerprint density at radius 2 is 1.92 bits per heavy atom. The Hall–Kier alpha value is -1.61. The zero-order chi connectivity index (χ0) is 18.3. The van der Waals surface area contributed by atoms with Gasteiger partial charge in [0.2, 0.25) is 0 Å². The summed E-state index contributed by atoms with van der Waals surface area (Å²) in [5.74, 6) is -1.37. The van der Waals surface area contributed by atoms with Gasteiger partial charge in [0.25, 0.3) is 14.9 Å². The van der Waals surface area contributed by atoms with Crippen LogP contribution in [0.1, 0.15) is 43.6 Å². The van der Waals surface area contributed by atoms with Crippen molar-refractivity contribution in [2.45, 2.75) is 44.2 Å². The molecule has 1 heterocycles. The van der Waals surface area contributed by atoms with Gasteiger partial charge in [-0.1, -0.05) is 26.8 Å². The molecule has 0 aliphatic carbocycles. The molecule has 10 heteroatoms. The van der Waals surface area contributed by atoms with E-state index in [2.05, 4.69) is 10.1 Å². The van der Waals surface area contributed by atoms with Gasteiger partial charge in [-0.15, -0.1) is 5.10 Å². The molecule has 0 unspecified atom stereocenters. The Balaban J connectivity index is 2.74. The van der Waals surface area contributed by atoms with Crippen molar-refractivity contribution >= 4 is 19.7 Å². The fourth-order valence-corrected chi connectivity index (χ4v) is 3.51. The van der Waals surface area contributed by atoms with Crippen LogP contribution in [-0.4, -0.2) is 23.2 Å². The minimum atomic E-state index is -4.69. The highest BCUT2D eigenvalue weighted by molar-refractivity contribution is 8.13. The molecule has 0 aliphatic heterocycles. The molecule has 5 nitrogen and oxygen atoms in total. The Bertz CT molecular complexity index is 861. The van der Waals surface area contributed by atoms with Crippen LogP contribution < -0.4 is 0 Å². The van der Waals surface area contributed by atoms with Crippen LogP contribution in [0.15, 0.2) is 23.4 Å². The first-order valence-corrected chi connectivity index (χ1v) is 9.36. The fourth-order valence-electron chi connectivity index (χ4n) is 2.31. The van der Waals surface area contributed by atoms with Crippen LogP contribution in [0.2, 0.25) is 0 Å².